The minimum absolute atomic E-state index is 0.338. The first kappa shape index (κ1) is 20.4. The zero-order valence-electron chi connectivity index (χ0n) is 16.2. The van der Waals surface area contributed by atoms with E-state index in [1.54, 1.807) is 28.6 Å². The summed E-state index contributed by atoms with van der Waals surface area (Å²) in [6.07, 6.45) is 2.54. The van der Waals surface area contributed by atoms with Gasteiger partial charge < -0.3 is 11.1 Å². The number of benzene rings is 2. The molecule has 0 aromatic heterocycles. The van der Waals surface area contributed by atoms with Gasteiger partial charge in [0.25, 0.3) is 0 Å². The highest BCUT2D eigenvalue weighted by molar-refractivity contribution is 7.89. The lowest BCUT2D eigenvalue weighted by Crippen LogP contribution is -2.39. The van der Waals surface area contributed by atoms with Gasteiger partial charge in [0.15, 0.2) is 5.96 Å². The lowest BCUT2D eigenvalue weighted by atomic mass is 9.98. The van der Waals surface area contributed by atoms with Crippen LogP contribution in [-0.2, 0) is 16.4 Å². The van der Waals surface area contributed by atoms with Crippen molar-refractivity contribution in [3.63, 3.8) is 0 Å². The van der Waals surface area contributed by atoms with Crippen molar-refractivity contribution >= 4 is 21.7 Å². The first-order valence-electron chi connectivity index (χ1n) is 9.70. The Morgan fingerprint density at radius 2 is 1.86 bits per heavy atom. The van der Waals surface area contributed by atoms with E-state index in [2.05, 4.69) is 29.4 Å². The third kappa shape index (κ3) is 5.11. The van der Waals surface area contributed by atoms with Crippen LogP contribution in [0.2, 0.25) is 0 Å². The molecule has 0 saturated carbocycles. The number of aryl methyl sites for hydroxylation is 1. The molecule has 0 atom stereocenters. The van der Waals surface area contributed by atoms with E-state index >= 15 is 0 Å². The molecular weight excluding hydrogens is 372 g/mol. The van der Waals surface area contributed by atoms with E-state index in [1.165, 1.54) is 5.56 Å². The number of nitrogens with one attached hydrogen (secondary N) is 1. The number of rotatable bonds is 6. The summed E-state index contributed by atoms with van der Waals surface area (Å²) in [5.41, 5.74) is 8.19. The van der Waals surface area contributed by atoms with Crippen molar-refractivity contribution in [2.24, 2.45) is 16.6 Å². The number of nitrogens with zero attached hydrogens (tertiary/aromatic N) is 2. The second kappa shape index (κ2) is 9.21. The van der Waals surface area contributed by atoms with Crippen LogP contribution in [0.3, 0.4) is 0 Å². The van der Waals surface area contributed by atoms with Crippen molar-refractivity contribution in [2.45, 2.75) is 31.1 Å². The van der Waals surface area contributed by atoms with Crippen molar-refractivity contribution in [3.05, 3.63) is 60.2 Å². The van der Waals surface area contributed by atoms with Gasteiger partial charge in [-0.1, -0.05) is 37.3 Å². The summed E-state index contributed by atoms with van der Waals surface area (Å²) >= 11 is 0. The third-order valence-corrected chi connectivity index (χ3v) is 6.99. The van der Waals surface area contributed by atoms with Crippen molar-refractivity contribution < 1.29 is 8.42 Å². The van der Waals surface area contributed by atoms with Gasteiger partial charge in [0, 0.05) is 25.3 Å². The number of hydrogen-bond acceptors (Lipinski definition) is 3. The molecule has 1 saturated heterocycles. The Bertz CT molecular complexity index is 905. The molecule has 150 valence electrons. The predicted molar refractivity (Wildman–Crippen MR) is 114 cm³/mol. The normalized spacial score (nSPS) is 16.8. The summed E-state index contributed by atoms with van der Waals surface area (Å²) < 4.78 is 26.9. The Morgan fingerprint density at radius 3 is 2.54 bits per heavy atom. The topological polar surface area (TPSA) is 87.8 Å². The smallest absolute Gasteiger partial charge is 0.243 e. The molecule has 3 rings (SSSR count). The van der Waals surface area contributed by atoms with Crippen molar-refractivity contribution in [1.29, 1.82) is 0 Å². The fraction of sp³-hybridized carbons (Fsp3) is 0.381. The van der Waals surface area contributed by atoms with Gasteiger partial charge in [0.1, 0.15) is 0 Å². The molecular formula is C21H28N4O2S. The van der Waals surface area contributed by atoms with Crippen LogP contribution >= 0.6 is 0 Å². The monoisotopic (exact) mass is 400 g/mol. The van der Waals surface area contributed by atoms with Gasteiger partial charge >= 0.3 is 0 Å². The highest BCUT2D eigenvalue weighted by Gasteiger charge is 2.29. The summed E-state index contributed by atoms with van der Waals surface area (Å²) in [7, 11) is -3.40. The lowest BCUT2D eigenvalue weighted by molar-refractivity contribution is 0.279. The van der Waals surface area contributed by atoms with Gasteiger partial charge in [-0.05, 0) is 55.0 Å². The summed E-state index contributed by atoms with van der Waals surface area (Å²) in [5, 5.41) is 3.13. The maximum Gasteiger partial charge on any atom is 0.243 e. The maximum absolute atomic E-state index is 12.7. The standard InChI is InChI=1S/C21H28N4O2S/c1-2-17-7-6-8-19(15-17)24-21(22)23-16-18-11-13-25(14-12-18)28(26,27)20-9-4-3-5-10-20/h3-10,15,18H,2,11-14,16H2,1H3,(H3,22,23,24). The molecule has 0 aliphatic carbocycles. The molecule has 6 nitrogen and oxygen atoms in total. The van der Waals surface area contributed by atoms with E-state index in [1.807, 2.05) is 18.2 Å². The summed E-state index contributed by atoms with van der Waals surface area (Å²) in [4.78, 5) is 4.82. The highest BCUT2D eigenvalue weighted by atomic mass is 32.2. The third-order valence-electron chi connectivity index (χ3n) is 5.08. The van der Waals surface area contributed by atoms with Gasteiger partial charge in [-0.25, -0.2) is 8.42 Å². The lowest BCUT2D eigenvalue weighted by Gasteiger charge is -2.30. The molecule has 28 heavy (non-hydrogen) atoms. The maximum atomic E-state index is 12.7. The average Bonchev–Trinajstić information content (AvgIpc) is 2.73. The molecule has 1 fully saturated rings. The van der Waals surface area contributed by atoms with Crippen LogP contribution in [0.5, 0.6) is 0 Å². The largest absolute Gasteiger partial charge is 0.370 e. The fourth-order valence-electron chi connectivity index (χ4n) is 3.36. The Kier molecular flexibility index (Phi) is 6.70. The highest BCUT2D eigenvalue weighted by Crippen LogP contribution is 2.24. The summed E-state index contributed by atoms with van der Waals surface area (Å²) in [5.74, 6) is 0.733. The number of aliphatic imine (C=N–C) groups is 1. The quantitative estimate of drug-likeness (QED) is 0.576. The molecule has 0 unspecified atom stereocenters. The first-order chi connectivity index (χ1) is 13.5. The van der Waals surface area contributed by atoms with Gasteiger partial charge in [-0.3, -0.25) is 4.99 Å². The van der Waals surface area contributed by atoms with E-state index in [0.717, 1.165) is 24.9 Å². The van der Waals surface area contributed by atoms with Gasteiger partial charge in [-0.15, -0.1) is 0 Å². The van der Waals surface area contributed by atoms with E-state index in [0.29, 0.717) is 36.4 Å². The second-order valence-electron chi connectivity index (χ2n) is 7.07. The van der Waals surface area contributed by atoms with Gasteiger partial charge in [0.05, 0.1) is 4.90 Å². The molecule has 7 heteroatoms. The molecule has 1 heterocycles. The van der Waals surface area contributed by atoms with E-state index < -0.39 is 10.0 Å². The van der Waals surface area contributed by atoms with Gasteiger partial charge in [-0.2, -0.15) is 4.31 Å². The Morgan fingerprint density at radius 1 is 1.14 bits per heavy atom. The van der Waals surface area contributed by atoms with Crippen LogP contribution in [0.25, 0.3) is 0 Å². The zero-order valence-corrected chi connectivity index (χ0v) is 17.0. The van der Waals surface area contributed by atoms with Crippen LogP contribution in [0.15, 0.2) is 64.5 Å². The van der Waals surface area contributed by atoms with E-state index in [4.69, 9.17) is 5.73 Å². The molecule has 0 amide bonds. The van der Waals surface area contributed by atoms with Crippen LogP contribution in [0.1, 0.15) is 25.3 Å². The van der Waals surface area contributed by atoms with E-state index in [9.17, 15) is 8.42 Å². The predicted octanol–water partition coefficient (Wildman–Crippen LogP) is 3.08. The molecule has 1 aliphatic rings. The first-order valence-corrected chi connectivity index (χ1v) is 11.1. The minimum Gasteiger partial charge on any atom is -0.370 e. The number of hydrogen-bond donors (Lipinski definition) is 2. The molecule has 2 aromatic rings. The molecule has 2 aromatic carbocycles. The number of anilines is 1. The summed E-state index contributed by atoms with van der Waals surface area (Å²) in [6, 6.07) is 16.7. The second-order valence-corrected chi connectivity index (χ2v) is 9.00. The van der Waals surface area contributed by atoms with Crippen LogP contribution < -0.4 is 11.1 Å². The average molecular weight is 401 g/mol. The number of piperidine rings is 1. The van der Waals surface area contributed by atoms with Crippen LogP contribution in [0.4, 0.5) is 5.69 Å². The summed E-state index contributed by atoms with van der Waals surface area (Å²) in [6.45, 7) is 3.75. The van der Waals surface area contributed by atoms with Crippen LogP contribution in [-0.4, -0.2) is 38.3 Å². The SMILES string of the molecule is CCc1cccc(NC(N)=NCC2CCN(S(=O)(=O)c3ccccc3)CC2)c1. The van der Waals surface area contributed by atoms with E-state index in [-0.39, 0.29) is 0 Å². The molecule has 1 aliphatic heterocycles. The van der Waals surface area contributed by atoms with Crippen LogP contribution in [0, 0.1) is 5.92 Å². The Hall–Kier alpha value is -2.38. The molecule has 0 spiro atoms. The van der Waals surface area contributed by atoms with Crippen molar-refractivity contribution in [1.82, 2.24) is 4.31 Å². The molecule has 0 bridgehead atoms. The number of sulfonamides is 1. The molecule has 3 N–H and O–H groups in total. The Labute approximate surface area is 167 Å². The minimum atomic E-state index is -3.40. The fourth-order valence-corrected chi connectivity index (χ4v) is 4.85. The zero-order chi connectivity index (χ0) is 20.0. The number of guanidine groups is 1. The number of nitrogens with two attached hydrogens (primary N) is 1. The molecule has 0 radical (unpaired) electrons. The van der Waals surface area contributed by atoms with Crippen molar-refractivity contribution in [2.75, 3.05) is 25.0 Å². The van der Waals surface area contributed by atoms with Crippen molar-refractivity contribution in [3.8, 4) is 0 Å². The van der Waals surface area contributed by atoms with Gasteiger partial charge in [0.2, 0.25) is 10.0 Å². The Balaban J connectivity index is 1.52.